The van der Waals surface area contributed by atoms with Gasteiger partial charge in [0.1, 0.15) is 0 Å². The number of aliphatic hydroxyl groups excluding tert-OH is 1. The zero-order valence-electron chi connectivity index (χ0n) is 5.84. The number of hydrazine groups is 1. The maximum absolute atomic E-state index is 8.83. The summed E-state index contributed by atoms with van der Waals surface area (Å²) in [6, 6.07) is 5.47. The first-order valence-electron chi connectivity index (χ1n) is 3.14. The lowest BCUT2D eigenvalue weighted by molar-refractivity contribution is 0.282. The average molecular weight is 217 g/mol. The lowest BCUT2D eigenvalue weighted by atomic mass is 10.2. The minimum absolute atomic E-state index is 0.00713. The van der Waals surface area contributed by atoms with Gasteiger partial charge in [0.2, 0.25) is 0 Å². The van der Waals surface area contributed by atoms with Crippen LogP contribution in [0.5, 0.6) is 0 Å². The third kappa shape index (κ3) is 1.92. The first-order valence-corrected chi connectivity index (χ1v) is 3.93. The molecular weight excluding hydrogens is 208 g/mol. The lowest BCUT2D eigenvalue weighted by Gasteiger charge is -2.05. The summed E-state index contributed by atoms with van der Waals surface area (Å²) in [5, 5.41) is 8.83. The van der Waals surface area contributed by atoms with Crippen molar-refractivity contribution in [1.82, 2.24) is 0 Å². The Morgan fingerprint density at radius 1 is 1.55 bits per heavy atom. The Balaban J connectivity index is 3.06. The molecule has 1 aromatic rings. The molecule has 4 heteroatoms. The molecule has 11 heavy (non-hydrogen) atoms. The van der Waals surface area contributed by atoms with Gasteiger partial charge in [-0.3, -0.25) is 5.84 Å². The zero-order valence-corrected chi connectivity index (χ0v) is 7.43. The van der Waals surface area contributed by atoms with Crippen LogP contribution in [0.2, 0.25) is 0 Å². The molecule has 0 spiro atoms. The molecule has 0 aliphatic heterocycles. The summed E-state index contributed by atoms with van der Waals surface area (Å²) in [6.07, 6.45) is 0. The van der Waals surface area contributed by atoms with Crippen molar-refractivity contribution in [2.75, 3.05) is 5.43 Å². The van der Waals surface area contributed by atoms with Crippen LogP contribution in [0.4, 0.5) is 5.69 Å². The molecule has 3 nitrogen and oxygen atoms in total. The Morgan fingerprint density at radius 2 is 2.27 bits per heavy atom. The van der Waals surface area contributed by atoms with Gasteiger partial charge in [-0.05, 0) is 12.1 Å². The third-order valence-electron chi connectivity index (χ3n) is 1.40. The van der Waals surface area contributed by atoms with Crippen LogP contribution in [0, 0.1) is 0 Å². The molecule has 0 saturated heterocycles. The number of benzene rings is 1. The van der Waals surface area contributed by atoms with Crippen LogP contribution in [0.25, 0.3) is 0 Å². The van der Waals surface area contributed by atoms with E-state index in [4.69, 9.17) is 10.9 Å². The summed E-state index contributed by atoms with van der Waals surface area (Å²) in [5.41, 5.74) is 4.02. The van der Waals surface area contributed by atoms with Gasteiger partial charge in [0, 0.05) is 10.0 Å². The van der Waals surface area contributed by atoms with Gasteiger partial charge in [-0.25, -0.2) is 0 Å². The van der Waals surface area contributed by atoms with E-state index >= 15 is 0 Å². The van der Waals surface area contributed by atoms with Gasteiger partial charge in [-0.2, -0.15) is 0 Å². The van der Waals surface area contributed by atoms with Crippen LogP contribution in [0.1, 0.15) is 5.56 Å². The van der Waals surface area contributed by atoms with Gasteiger partial charge in [0.25, 0.3) is 0 Å². The maximum Gasteiger partial charge on any atom is 0.0702 e. The molecule has 0 aliphatic carbocycles. The smallest absolute Gasteiger partial charge is 0.0702 e. The monoisotopic (exact) mass is 216 g/mol. The van der Waals surface area contributed by atoms with Crippen molar-refractivity contribution < 1.29 is 5.11 Å². The van der Waals surface area contributed by atoms with E-state index in [1.54, 1.807) is 6.07 Å². The van der Waals surface area contributed by atoms with Crippen LogP contribution in [-0.4, -0.2) is 5.11 Å². The molecular formula is C7H9BrN2O. The lowest BCUT2D eigenvalue weighted by Crippen LogP contribution is -2.09. The predicted molar refractivity (Wildman–Crippen MR) is 47.9 cm³/mol. The topological polar surface area (TPSA) is 58.3 Å². The first-order chi connectivity index (χ1) is 5.27. The fourth-order valence-electron chi connectivity index (χ4n) is 0.821. The number of rotatable bonds is 2. The van der Waals surface area contributed by atoms with Crippen molar-refractivity contribution in [3.63, 3.8) is 0 Å². The SMILES string of the molecule is NNc1cc(Br)ccc1CO. The molecule has 0 saturated carbocycles. The molecule has 60 valence electrons. The fraction of sp³-hybridized carbons (Fsp3) is 0.143. The summed E-state index contributed by atoms with van der Waals surface area (Å²) in [6.45, 7) is -0.00713. The number of nitrogens with two attached hydrogens (primary N) is 1. The second-order valence-electron chi connectivity index (χ2n) is 2.10. The summed E-state index contributed by atoms with van der Waals surface area (Å²) < 4.78 is 0.933. The fourth-order valence-corrected chi connectivity index (χ4v) is 1.18. The quantitative estimate of drug-likeness (QED) is 0.515. The Labute approximate surface area is 73.3 Å². The molecule has 0 unspecified atom stereocenters. The van der Waals surface area contributed by atoms with Gasteiger partial charge >= 0.3 is 0 Å². The van der Waals surface area contributed by atoms with Crippen LogP contribution in [0.3, 0.4) is 0 Å². The normalized spacial score (nSPS) is 9.73. The van der Waals surface area contributed by atoms with Crippen molar-refractivity contribution in [2.45, 2.75) is 6.61 Å². The van der Waals surface area contributed by atoms with E-state index in [0.717, 1.165) is 15.7 Å². The molecule has 0 aromatic heterocycles. The number of hydrogen-bond donors (Lipinski definition) is 3. The van der Waals surface area contributed by atoms with Gasteiger partial charge in [0.05, 0.1) is 12.3 Å². The zero-order chi connectivity index (χ0) is 8.27. The summed E-state index contributed by atoms with van der Waals surface area (Å²) in [7, 11) is 0. The first kappa shape index (κ1) is 8.52. The highest BCUT2D eigenvalue weighted by Gasteiger charge is 1.98. The Bertz CT molecular complexity index is 252. The van der Waals surface area contributed by atoms with Crippen LogP contribution in [0.15, 0.2) is 22.7 Å². The molecule has 0 bridgehead atoms. The standard InChI is InChI=1S/C7H9BrN2O/c8-6-2-1-5(4-11)7(3-6)10-9/h1-3,10-11H,4,9H2. The van der Waals surface area contributed by atoms with E-state index in [2.05, 4.69) is 21.4 Å². The molecule has 1 rings (SSSR count). The molecule has 0 atom stereocenters. The highest BCUT2D eigenvalue weighted by atomic mass is 79.9. The third-order valence-corrected chi connectivity index (χ3v) is 1.89. The number of nitrogens with one attached hydrogen (secondary N) is 1. The van der Waals surface area contributed by atoms with E-state index < -0.39 is 0 Å². The molecule has 4 N–H and O–H groups in total. The van der Waals surface area contributed by atoms with E-state index in [1.165, 1.54) is 0 Å². The highest BCUT2D eigenvalue weighted by Crippen LogP contribution is 2.20. The van der Waals surface area contributed by atoms with E-state index in [-0.39, 0.29) is 6.61 Å². The van der Waals surface area contributed by atoms with Crippen LogP contribution in [-0.2, 0) is 6.61 Å². The van der Waals surface area contributed by atoms with Gasteiger partial charge < -0.3 is 10.5 Å². The number of aliphatic hydroxyl groups is 1. The number of nitrogen functional groups attached to an aromatic ring is 1. The number of halogens is 1. The maximum atomic E-state index is 8.83. The van der Waals surface area contributed by atoms with Gasteiger partial charge in [0.15, 0.2) is 0 Å². The minimum atomic E-state index is -0.00713. The van der Waals surface area contributed by atoms with Gasteiger partial charge in [-0.15, -0.1) is 0 Å². The van der Waals surface area contributed by atoms with Crippen molar-refractivity contribution in [1.29, 1.82) is 0 Å². The summed E-state index contributed by atoms with van der Waals surface area (Å²) in [5.74, 6) is 5.21. The summed E-state index contributed by atoms with van der Waals surface area (Å²) >= 11 is 3.29. The Kier molecular flexibility index (Phi) is 2.87. The van der Waals surface area contributed by atoms with E-state index in [0.29, 0.717) is 0 Å². The second kappa shape index (κ2) is 3.71. The number of hydrogen-bond acceptors (Lipinski definition) is 3. The average Bonchev–Trinajstić information content (AvgIpc) is 2.04. The van der Waals surface area contributed by atoms with Crippen molar-refractivity contribution >= 4 is 21.6 Å². The summed E-state index contributed by atoms with van der Waals surface area (Å²) in [4.78, 5) is 0. The molecule has 0 aliphatic rings. The van der Waals surface area contributed by atoms with Crippen molar-refractivity contribution in [2.24, 2.45) is 5.84 Å². The second-order valence-corrected chi connectivity index (χ2v) is 3.02. The molecule has 0 radical (unpaired) electrons. The van der Waals surface area contributed by atoms with E-state index in [9.17, 15) is 0 Å². The molecule has 0 amide bonds. The largest absolute Gasteiger partial charge is 0.392 e. The molecule has 0 fully saturated rings. The Hall–Kier alpha value is -0.580. The molecule has 1 aromatic carbocycles. The predicted octanol–water partition coefficient (Wildman–Crippen LogP) is 1.23. The van der Waals surface area contributed by atoms with E-state index in [1.807, 2.05) is 12.1 Å². The number of anilines is 1. The van der Waals surface area contributed by atoms with Crippen LogP contribution >= 0.6 is 15.9 Å². The minimum Gasteiger partial charge on any atom is -0.392 e. The van der Waals surface area contributed by atoms with Crippen molar-refractivity contribution in [3.05, 3.63) is 28.2 Å². The van der Waals surface area contributed by atoms with Crippen LogP contribution < -0.4 is 11.3 Å². The Morgan fingerprint density at radius 3 is 2.82 bits per heavy atom. The van der Waals surface area contributed by atoms with Gasteiger partial charge in [-0.1, -0.05) is 22.0 Å². The van der Waals surface area contributed by atoms with Crippen molar-refractivity contribution in [3.8, 4) is 0 Å². The highest BCUT2D eigenvalue weighted by molar-refractivity contribution is 9.10. The molecule has 0 heterocycles.